The van der Waals surface area contributed by atoms with E-state index in [0.29, 0.717) is 5.92 Å². The second-order valence-electron chi connectivity index (χ2n) is 4.62. The summed E-state index contributed by atoms with van der Waals surface area (Å²) in [5.74, 6) is 1.11. The number of carbonyl (C=O) groups excluding carboxylic acids is 1. The Kier molecular flexibility index (Phi) is 5.43. The third kappa shape index (κ3) is 4.24. The van der Waals surface area contributed by atoms with Crippen molar-refractivity contribution in [2.45, 2.75) is 26.8 Å². The van der Waals surface area contributed by atoms with E-state index in [2.05, 4.69) is 19.2 Å². The molecule has 1 rings (SSSR count). The van der Waals surface area contributed by atoms with Crippen LogP contribution >= 0.6 is 0 Å². The van der Waals surface area contributed by atoms with E-state index in [0.717, 1.165) is 11.3 Å². The van der Waals surface area contributed by atoms with Crippen LogP contribution in [0.5, 0.6) is 5.75 Å². The molecular weight excluding hydrogens is 226 g/mol. The van der Waals surface area contributed by atoms with Crippen molar-refractivity contribution in [3.05, 3.63) is 35.9 Å². The van der Waals surface area contributed by atoms with Crippen molar-refractivity contribution >= 4 is 12.0 Å². The highest BCUT2D eigenvalue weighted by atomic mass is 16.5. The number of methoxy groups -OCH3 is 1. The minimum atomic E-state index is -0.0814. The third-order valence-corrected chi connectivity index (χ3v) is 2.92. The SMILES string of the molecule is COc1ccccc1/C=C/C(=O)N[C@H](C)C(C)C. The molecule has 1 N–H and O–H groups in total. The normalized spacial score (nSPS) is 12.7. The molecule has 98 valence electrons. The lowest BCUT2D eigenvalue weighted by molar-refractivity contribution is -0.117. The van der Waals surface area contributed by atoms with Gasteiger partial charge in [0.2, 0.25) is 5.91 Å². The van der Waals surface area contributed by atoms with Crippen LogP contribution in [0.3, 0.4) is 0 Å². The van der Waals surface area contributed by atoms with Gasteiger partial charge in [-0.2, -0.15) is 0 Å². The molecule has 18 heavy (non-hydrogen) atoms. The number of rotatable bonds is 5. The van der Waals surface area contributed by atoms with E-state index in [1.165, 1.54) is 6.08 Å². The Balaban J connectivity index is 2.66. The predicted octanol–water partition coefficient (Wildman–Crippen LogP) is 2.87. The Bertz CT molecular complexity index is 424. The van der Waals surface area contributed by atoms with Gasteiger partial charge >= 0.3 is 0 Å². The number of para-hydroxylation sites is 1. The number of hydrogen-bond acceptors (Lipinski definition) is 2. The zero-order valence-electron chi connectivity index (χ0n) is 11.4. The lowest BCUT2D eigenvalue weighted by Crippen LogP contribution is -2.34. The summed E-state index contributed by atoms with van der Waals surface area (Å²) in [6.07, 6.45) is 3.30. The molecule has 0 fully saturated rings. The molecule has 0 aliphatic rings. The highest BCUT2D eigenvalue weighted by molar-refractivity contribution is 5.92. The number of carbonyl (C=O) groups is 1. The quantitative estimate of drug-likeness (QED) is 0.812. The molecule has 0 aliphatic carbocycles. The van der Waals surface area contributed by atoms with E-state index in [9.17, 15) is 4.79 Å². The summed E-state index contributed by atoms with van der Waals surface area (Å²) < 4.78 is 5.21. The summed E-state index contributed by atoms with van der Waals surface area (Å²) >= 11 is 0. The molecule has 0 saturated carbocycles. The van der Waals surface area contributed by atoms with Gasteiger partial charge in [0, 0.05) is 17.7 Å². The maximum atomic E-state index is 11.7. The molecule has 0 aromatic heterocycles. The third-order valence-electron chi connectivity index (χ3n) is 2.92. The maximum absolute atomic E-state index is 11.7. The summed E-state index contributed by atoms with van der Waals surface area (Å²) in [6.45, 7) is 6.16. The fourth-order valence-electron chi connectivity index (χ4n) is 1.41. The van der Waals surface area contributed by atoms with Gasteiger partial charge in [0.05, 0.1) is 7.11 Å². The van der Waals surface area contributed by atoms with Gasteiger partial charge in [-0.1, -0.05) is 32.0 Å². The largest absolute Gasteiger partial charge is 0.496 e. The van der Waals surface area contributed by atoms with Crippen LogP contribution in [0.2, 0.25) is 0 Å². The molecule has 3 heteroatoms. The van der Waals surface area contributed by atoms with Gasteiger partial charge in [-0.25, -0.2) is 0 Å². The molecule has 0 aliphatic heterocycles. The van der Waals surface area contributed by atoms with Crippen molar-refractivity contribution in [1.82, 2.24) is 5.32 Å². The smallest absolute Gasteiger partial charge is 0.244 e. The Morgan fingerprint density at radius 3 is 2.56 bits per heavy atom. The number of hydrogen-bond donors (Lipinski definition) is 1. The van der Waals surface area contributed by atoms with Gasteiger partial charge in [0.15, 0.2) is 0 Å². The van der Waals surface area contributed by atoms with E-state index < -0.39 is 0 Å². The zero-order valence-corrected chi connectivity index (χ0v) is 11.4. The van der Waals surface area contributed by atoms with Gasteiger partial charge in [-0.15, -0.1) is 0 Å². The van der Waals surface area contributed by atoms with Crippen LogP contribution in [0.25, 0.3) is 6.08 Å². The standard InChI is InChI=1S/C15H21NO2/c1-11(2)12(3)16-15(17)10-9-13-7-5-6-8-14(13)18-4/h5-12H,1-4H3,(H,16,17)/b10-9+/t12-/m1/s1. The summed E-state index contributed by atoms with van der Waals surface area (Å²) in [6, 6.07) is 7.76. The first-order chi connectivity index (χ1) is 8.54. The van der Waals surface area contributed by atoms with Crippen LogP contribution in [0.15, 0.2) is 30.3 Å². The van der Waals surface area contributed by atoms with Crippen molar-refractivity contribution in [2.24, 2.45) is 5.92 Å². The molecule has 3 nitrogen and oxygen atoms in total. The topological polar surface area (TPSA) is 38.3 Å². The van der Waals surface area contributed by atoms with Crippen molar-refractivity contribution in [3.63, 3.8) is 0 Å². The minimum absolute atomic E-state index is 0.0814. The minimum Gasteiger partial charge on any atom is -0.496 e. The first-order valence-electron chi connectivity index (χ1n) is 6.16. The lowest BCUT2D eigenvalue weighted by atomic mass is 10.1. The van der Waals surface area contributed by atoms with Gasteiger partial charge in [-0.3, -0.25) is 4.79 Å². The summed E-state index contributed by atoms with van der Waals surface area (Å²) in [7, 11) is 1.62. The van der Waals surface area contributed by atoms with Crippen molar-refractivity contribution in [1.29, 1.82) is 0 Å². The number of amides is 1. The molecule has 0 bridgehead atoms. The summed E-state index contributed by atoms with van der Waals surface area (Å²) in [5, 5.41) is 2.92. The van der Waals surface area contributed by atoms with Crippen LogP contribution < -0.4 is 10.1 Å². The summed E-state index contributed by atoms with van der Waals surface area (Å²) in [4.78, 5) is 11.7. The van der Waals surface area contributed by atoms with E-state index >= 15 is 0 Å². The van der Waals surface area contributed by atoms with Gasteiger partial charge in [0.25, 0.3) is 0 Å². The van der Waals surface area contributed by atoms with Crippen molar-refractivity contribution in [2.75, 3.05) is 7.11 Å². The Labute approximate surface area is 109 Å². The second-order valence-corrected chi connectivity index (χ2v) is 4.62. The van der Waals surface area contributed by atoms with Crippen molar-refractivity contribution < 1.29 is 9.53 Å². The average Bonchev–Trinajstić information content (AvgIpc) is 2.36. The Hall–Kier alpha value is -1.77. The van der Waals surface area contributed by atoms with Crippen LogP contribution in [-0.4, -0.2) is 19.1 Å². The lowest BCUT2D eigenvalue weighted by Gasteiger charge is -2.15. The first-order valence-corrected chi connectivity index (χ1v) is 6.16. The molecule has 0 radical (unpaired) electrons. The molecule has 1 aromatic rings. The first kappa shape index (κ1) is 14.3. The molecule has 0 saturated heterocycles. The fraction of sp³-hybridized carbons (Fsp3) is 0.400. The average molecular weight is 247 g/mol. The van der Waals surface area contributed by atoms with Crippen LogP contribution in [0.4, 0.5) is 0 Å². The number of nitrogens with one attached hydrogen (secondary N) is 1. The molecule has 0 heterocycles. The second kappa shape index (κ2) is 6.84. The van der Waals surface area contributed by atoms with Gasteiger partial charge < -0.3 is 10.1 Å². The van der Waals surface area contributed by atoms with E-state index in [1.54, 1.807) is 13.2 Å². The fourth-order valence-corrected chi connectivity index (χ4v) is 1.41. The summed E-state index contributed by atoms with van der Waals surface area (Å²) in [5.41, 5.74) is 0.896. The number of ether oxygens (including phenoxy) is 1. The van der Waals surface area contributed by atoms with E-state index in [-0.39, 0.29) is 11.9 Å². The predicted molar refractivity (Wildman–Crippen MR) is 74.5 cm³/mol. The zero-order chi connectivity index (χ0) is 13.5. The van der Waals surface area contributed by atoms with Crippen LogP contribution in [0, 0.1) is 5.92 Å². The molecule has 1 amide bonds. The van der Waals surface area contributed by atoms with Gasteiger partial charge in [0.1, 0.15) is 5.75 Å². The highest BCUT2D eigenvalue weighted by Crippen LogP contribution is 2.18. The Morgan fingerprint density at radius 1 is 1.28 bits per heavy atom. The van der Waals surface area contributed by atoms with E-state index in [1.807, 2.05) is 31.2 Å². The van der Waals surface area contributed by atoms with Crippen LogP contribution in [-0.2, 0) is 4.79 Å². The maximum Gasteiger partial charge on any atom is 0.244 e. The van der Waals surface area contributed by atoms with Gasteiger partial charge in [-0.05, 0) is 25.0 Å². The van der Waals surface area contributed by atoms with E-state index in [4.69, 9.17) is 4.74 Å². The number of benzene rings is 1. The molecule has 0 spiro atoms. The van der Waals surface area contributed by atoms with Crippen molar-refractivity contribution in [3.8, 4) is 5.75 Å². The Morgan fingerprint density at radius 2 is 1.94 bits per heavy atom. The molecular formula is C15H21NO2. The molecule has 1 atom stereocenters. The van der Waals surface area contributed by atoms with Crippen LogP contribution in [0.1, 0.15) is 26.3 Å². The molecule has 1 aromatic carbocycles. The highest BCUT2D eigenvalue weighted by Gasteiger charge is 2.08. The molecule has 0 unspecified atom stereocenters. The monoisotopic (exact) mass is 247 g/mol.